The summed E-state index contributed by atoms with van der Waals surface area (Å²) in [6, 6.07) is 9.28. The van der Waals surface area contributed by atoms with E-state index in [2.05, 4.69) is 20.8 Å². The van der Waals surface area contributed by atoms with E-state index >= 15 is 0 Å². The van der Waals surface area contributed by atoms with Crippen LogP contribution in [0.25, 0.3) is 27.8 Å². The van der Waals surface area contributed by atoms with Crippen LogP contribution in [-0.2, 0) is 14.9 Å². The lowest BCUT2D eigenvalue weighted by atomic mass is 9.79. The second-order valence-electron chi connectivity index (χ2n) is 9.85. The summed E-state index contributed by atoms with van der Waals surface area (Å²) in [5, 5.41) is 27.0. The van der Waals surface area contributed by atoms with Crippen molar-refractivity contribution >= 4 is 28.0 Å². The number of nitrogens with zero attached hydrogens (tertiary/aromatic N) is 4. The minimum absolute atomic E-state index is 0.114. The number of carboxylic acids is 1. The zero-order valence-electron chi connectivity index (χ0n) is 19.8. The van der Waals surface area contributed by atoms with Crippen molar-refractivity contribution in [2.45, 2.75) is 57.5 Å². The van der Waals surface area contributed by atoms with Gasteiger partial charge in [-0.1, -0.05) is 13.8 Å². The lowest BCUT2D eigenvalue weighted by Crippen LogP contribution is -2.32. The largest absolute Gasteiger partial charge is 0.479 e. The quantitative estimate of drug-likeness (QED) is 0.425. The summed E-state index contributed by atoms with van der Waals surface area (Å²) in [5.41, 5.74) is 4.73. The standard InChI is InChI=1S/C26H26FN5O3/c1-14-10-17(5-6-18(14)27)32-19-11-16-12-29-31-24(16)30-22(19)21(23(32)26(2,3)8-9-28)15-4-7-20(25(33)34)35-13-15/h5-6,10-12,15,20H,4,7-8,13H2,1-3H3,(H,33,34)(H,29,30,31). The molecule has 0 amide bonds. The zero-order valence-corrected chi connectivity index (χ0v) is 19.8. The molecule has 1 aliphatic rings. The number of nitrogens with one attached hydrogen (secondary N) is 1. The maximum Gasteiger partial charge on any atom is 0.332 e. The van der Waals surface area contributed by atoms with Crippen molar-refractivity contribution in [1.82, 2.24) is 19.7 Å². The van der Waals surface area contributed by atoms with Gasteiger partial charge in [0.25, 0.3) is 0 Å². The molecule has 4 aromatic rings. The molecule has 2 atom stereocenters. The van der Waals surface area contributed by atoms with E-state index in [1.807, 2.05) is 19.9 Å². The third-order valence-electron chi connectivity index (χ3n) is 6.90. The smallest absolute Gasteiger partial charge is 0.332 e. The summed E-state index contributed by atoms with van der Waals surface area (Å²) in [6.07, 6.45) is 2.11. The maximum atomic E-state index is 14.2. The van der Waals surface area contributed by atoms with Gasteiger partial charge in [0.2, 0.25) is 0 Å². The Morgan fingerprint density at radius 1 is 1.37 bits per heavy atom. The number of aliphatic carboxylic acids is 1. The minimum atomic E-state index is -0.963. The van der Waals surface area contributed by atoms with Gasteiger partial charge in [-0.2, -0.15) is 10.4 Å². The molecule has 4 heterocycles. The van der Waals surface area contributed by atoms with Crippen LogP contribution < -0.4 is 0 Å². The molecule has 1 saturated heterocycles. The minimum Gasteiger partial charge on any atom is -0.479 e. The molecule has 1 aromatic carbocycles. The van der Waals surface area contributed by atoms with Crippen LogP contribution in [0.15, 0.2) is 30.5 Å². The van der Waals surface area contributed by atoms with Crippen molar-refractivity contribution < 1.29 is 19.0 Å². The average molecular weight is 476 g/mol. The Balaban J connectivity index is 1.84. The molecule has 0 bridgehead atoms. The second kappa shape index (κ2) is 8.47. The van der Waals surface area contributed by atoms with Gasteiger partial charge in [-0.05, 0) is 49.6 Å². The van der Waals surface area contributed by atoms with Crippen LogP contribution in [0, 0.1) is 24.1 Å². The molecule has 8 nitrogen and oxygen atoms in total. The number of hydrogen-bond donors (Lipinski definition) is 2. The molecule has 1 aliphatic heterocycles. The van der Waals surface area contributed by atoms with Crippen molar-refractivity contribution in [3.05, 3.63) is 53.1 Å². The number of rotatable bonds is 5. The molecule has 1 fully saturated rings. The first kappa shape index (κ1) is 23.0. The fraction of sp³-hybridized carbons (Fsp3) is 0.385. The summed E-state index contributed by atoms with van der Waals surface area (Å²) in [4.78, 5) is 16.4. The Hall–Kier alpha value is -3.77. The normalized spacial score (nSPS) is 18.7. The number of aromatic amines is 1. The van der Waals surface area contributed by atoms with Crippen LogP contribution in [0.5, 0.6) is 0 Å². The van der Waals surface area contributed by atoms with Crippen LogP contribution in [0.1, 0.15) is 55.8 Å². The maximum absolute atomic E-state index is 14.2. The van der Waals surface area contributed by atoms with Crippen molar-refractivity contribution in [2.75, 3.05) is 6.61 Å². The number of nitriles is 1. The zero-order chi connectivity index (χ0) is 24.9. The molecular formula is C26H26FN5O3. The number of aromatic nitrogens is 4. The molecule has 3 aromatic heterocycles. The van der Waals surface area contributed by atoms with Crippen molar-refractivity contribution in [3.63, 3.8) is 0 Å². The van der Waals surface area contributed by atoms with E-state index in [1.54, 1.807) is 25.3 Å². The number of carboxylic acid groups (broad SMARTS) is 1. The van der Waals surface area contributed by atoms with E-state index < -0.39 is 17.5 Å². The number of fused-ring (bicyclic) bond motifs is 2. The van der Waals surface area contributed by atoms with Crippen molar-refractivity contribution in [2.24, 2.45) is 0 Å². The van der Waals surface area contributed by atoms with Gasteiger partial charge >= 0.3 is 5.97 Å². The molecule has 2 N–H and O–H groups in total. The van der Waals surface area contributed by atoms with Gasteiger partial charge in [0, 0.05) is 40.1 Å². The topological polar surface area (TPSA) is 117 Å². The van der Waals surface area contributed by atoms with Gasteiger partial charge in [-0.15, -0.1) is 0 Å². The highest BCUT2D eigenvalue weighted by molar-refractivity contribution is 5.94. The highest BCUT2D eigenvalue weighted by atomic mass is 19.1. The first-order chi connectivity index (χ1) is 16.7. The Kier molecular flexibility index (Phi) is 5.56. The summed E-state index contributed by atoms with van der Waals surface area (Å²) in [7, 11) is 0. The summed E-state index contributed by atoms with van der Waals surface area (Å²) >= 11 is 0. The average Bonchev–Trinajstić information content (AvgIpc) is 3.41. The predicted molar refractivity (Wildman–Crippen MR) is 128 cm³/mol. The van der Waals surface area contributed by atoms with E-state index in [1.165, 1.54) is 6.07 Å². The summed E-state index contributed by atoms with van der Waals surface area (Å²) in [6.45, 7) is 5.98. The third kappa shape index (κ3) is 3.84. The van der Waals surface area contributed by atoms with Crippen LogP contribution in [0.3, 0.4) is 0 Å². The van der Waals surface area contributed by atoms with Crippen LogP contribution in [0.4, 0.5) is 4.39 Å². The number of H-pyrrole nitrogens is 1. The van der Waals surface area contributed by atoms with E-state index in [0.717, 1.165) is 33.4 Å². The monoisotopic (exact) mass is 475 g/mol. The lowest BCUT2D eigenvalue weighted by Gasteiger charge is -2.31. The fourth-order valence-corrected chi connectivity index (χ4v) is 5.14. The second-order valence-corrected chi connectivity index (χ2v) is 9.85. The number of carbonyl (C=O) groups is 1. The number of benzene rings is 1. The Morgan fingerprint density at radius 3 is 2.83 bits per heavy atom. The fourth-order valence-electron chi connectivity index (χ4n) is 5.14. The first-order valence-corrected chi connectivity index (χ1v) is 11.6. The number of ether oxygens (including phenoxy) is 1. The Morgan fingerprint density at radius 2 is 2.17 bits per heavy atom. The highest BCUT2D eigenvalue weighted by Crippen LogP contribution is 2.44. The van der Waals surface area contributed by atoms with E-state index in [9.17, 15) is 19.6 Å². The summed E-state index contributed by atoms with van der Waals surface area (Å²) in [5.74, 6) is -1.37. The van der Waals surface area contributed by atoms with E-state index in [4.69, 9.17) is 9.72 Å². The van der Waals surface area contributed by atoms with E-state index in [-0.39, 0.29) is 24.8 Å². The molecular weight excluding hydrogens is 449 g/mol. The van der Waals surface area contributed by atoms with Gasteiger partial charge in [-0.3, -0.25) is 5.10 Å². The summed E-state index contributed by atoms with van der Waals surface area (Å²) < 4.78 is 22.0. The number of aryl methyl sites for hydroxylation is 1. The van der Waals surface area contributed by atoms with Crippen LogP contribution in [-0.4, -0.2) is 43.5 Å². The third-order valence-corrected chi connectivity index (χ3v) is 6.90. The molecule has 0 aliphatic carbocycles. The number of halogens is 1. The number of hydrogen-bond acceptors (Lipinski definition) is 5. The van der Waals surface area contributed by atoms with Crippen molar-refractivity contribution in [1.29, 1.82) is 5.26 Å². The van der Waals surface area contributed by atoms with Gasteiger partial charge in [0.1, 0.15) is 5.82 Å². The highest BCUT2D eigenvalue weighted by Gasteiger charge is 2.37. The van der Waals surface area contributed by atoms with Crippen molar-refractivity contribution in [3.8, 4) is 11.8 Å². The van der Waals surface area contributed by atoms with E-state index in [0.29, 0.717) is 24.1 Å². The molecule has 9 heteroatoms. The lowest BCUT2D eigenvalue weighted by molar-refractivity contribution is -0.153. The molecule has 2 unspecified atom stereocenters. The predicted octanol–water partition coefficient (Wildman–Crippen LogP) is 4.89. The molecule has 0 saturated carbocycles. The molecule has 35 heavy (non-hydrogen) atoms. The number of pyridine rings is 1. The van der Waals surface area contributed by atoms with Crippen LogP contribution in [0.2, 0.25) is 0 Å². The molecule has 5 rings (SSSR count). The Labute approximate surface area is 201 Å². The SMILES string of the molecule is Cc1cc(-n2c(C(C)(C)CC#N)c(C3CCC(C(=O)O)OC3)c3nc4[nH]ncc4cc32)ccc1F. The van der Waals surface area contributed by atoms with Gasteiger partial charge in [0.05, 0.1) is 29.9 Å². The van der Waals surface area contributed by atoms with Gasteiger partial charge in [0.15, 0.2) is 11.8 Å². The molecule has 0 radical (unpaired) electrons. The molecule has 180 valence electrons. The van der Waals surface area contributed by atoms with Gasteiger partial charge < -0.3 is 14.4 Å². The Bertz CT molecular complexity index is 1490. The molecule has 0 spiro atoms. The van der Waals surface area contributed by atoms with Crippen LogP contribution >= 0.6 is 0 Å². The first-order valence-electron chi connectivity index (χ1n) is 11.6. The van der Waals surface area contributed by atoms with Gasteiger partial charge in [-0.25, -0.2) is 14.2 Å².